The summed E-state index contributed by atoms with van der Waals surface area (Å²) in [6, 6.07) is 1.50. The molecule has 3 rings (SSSR count). The highest BCUT2D eigenvalue weighted by molar-refractivity contribution is 5.87. The van der Waals surface area contributed by atoms with Crippen molar-refractivity contribution in [1.82, 2.24) is 10.3 Å². The summed E-state index contributed by atoms with van der Waals surface area (Å²) in [6.45, 7) is 0. The Kier molecular flexibility index (Phi) is 3.20. The molecule has 0 bridgehead atoms. The SMILES string of the molecule is O=[N+]([O-])c1cc2nonc2cc1-c1c(F)c(F)c(F)c(F)c1F. The highest BCUT2D eigenvalue weighted by Gasteiger charge is 2.31. The smallest absolute Gasteiger partial charge is 0.258 e. The fraction of sp³-hybridized carbons (Fsp3) is 0. The molecule has 0 fully saturated rings. The lowest BCUT2D eigenvalue weighted by Crippen LogP contribution is -2.05. The molecule has 3 aromatic rings. The molecule has 0 spiro atoms. The lowest BCUT2D eigenvalue weighted by Gasteiger charge is -2.08. The molecule has 0 aliphatic heterocycles. The maximum absolute atomic E-state index is 13.9. The zero-order valence-corrected chi connectivity index (χ0v) is 10.6. The van der Waals surface area contributed by atoms with Gasteiger partial charge in [0.05, 0.1) is 16.1 Å². The van der Waals surface area contributed by atoms with Crippen LogP contribution in [0.15, 0.2) is 16.8 Å². The molecule has 1 aromatic heterocycles. The zero-order valence-electron chi connectivity index (χ0n) is 10.6. The predicted molar refractivity (Wildman–Crippen MR) is 63.7 cm³/mol. The van der Waals surface area contributed by atoms with Crippen molar-refractivity contribution in [2.24, 2.45) is 0 Å². The van der Waals surface area contributed by atoms with E-state index in [0.717, 1.165) is 12.1 Å². The van der Waals surface area contributed by atoms with Crippen molar-refractivity contribution in [3.8, 4) is 11.1 Å². The molecule has 1 heterocycles. The van der Waals surface area contributed by atoms with Crippen molar-refractivity contribution in [1.29, 1.82) is 0 Å². The summed E-state index contributed by atoms with van der Waals surface area (Å²) in [5.74, 6) is -11.2. The quantitative estimate of drug-likeness (QED) is 0.236. The topological polar surface area (TPSA) is 82.1 Å². The first-order valence-corrected chi connectivity index (χ1v) is 5.75. The highest BCUT2D eigenvalue weighted by atomic mass is 19.2. The molecule has 2 aromatic carbocycles. The van der Waals surface area contributed by atoms with Crippen LogP contribution in [-0.2, 0) is 0 Å². The summed E-state index contributed by atoms with van der Waals surface area (Å²) in [5, 5.41) is 17.7. The monoisotopic (exact) mass is 331 g/mol. The molecular formula is C12H2F5N3O3. The molecule has 23 heavy (non-hydrogen) atoms. The Hall–Kier alpha value is -3.11. The Morgan fingerprint density at radius 2 is 1.35 bits per heavy atom. The summed E-state index contributed by atoms with van der Waals surface area (Å²) in [7, 11) is 0. The molecule has 0 amide bonds. The van der Waals surface area contributed by atoms with E-state index in [2.05, 4.69) is 14.9 Å². The number of fused-ring (bicyclic) bond motifs is 1. The second-order valence-electron chi connectivity index (χ2n) is 4.32. The molecule has 11 heteroatoms. The van der Waals surface area contributed by atoms with Crippen LogP contribution in [0.3, 0.4) is 0 Å². The van der Waals surface area contributed by atoms with Gasteiger partial charge < -0.3 is 0 Å². The number of hydrogen-bond acceptors (Lipinski definition) is 5. The second-order valence-corrected chi connectivity index (χ2v) is 4.32. The van der Waals surface area contributed by atoms with E-state index in [1.807, 2.05) is 0 Å². The van der Waals surface area contributed by atoms with Gasteiger partial charge in [-0.3, -0.25) is 10.1 Å². The normalized spacial score (nSPS) is 11.2. The Labute approximate surface area is 122 Å². The van der Waals surface area contributed by atoms with Gasteiger partial charge in [0.1, 0.15) is 11.0 Å². The van der Waals surface area contributed by atoms with Gasteiger partial charge in [-0.15, -0.1) is 0 Å². The molecule has 0 aliphatic carbocycles. The summed E-state index contributed by atoms with van der Waals surface area (Å²) >= 11 is 0. The molecule has 0 unspecified atom stereocenters. The fourth-order valence-corrected chi connectivity index (χ4v) is 2.01. The number of nitro benzene ring substituents is 1. The molecule has 0 saturated heterocycles. The van der Waals surface area contributed by atoms with Crippen molar-refractivity contribution >= 4 is 16.7 Å². The van der Waals surface area contributed by atoms with E-state index in [-0.39, 0.29) is 11.0 Å². The van der Waals surface area contributed by atoms with Crippen LogP contribution in [0.2, 0.25) is 0 Å². The number of nitro groups is 1. The number of hydrogen-bond donors (Lipinski definition) is 0. The van der Waals surface area contributed by atoms with Gasteiger partial charge in [-0.1, -0.05) is 0 Å². The van der Waals surface area contributed by atoms with Gasteiger partial charge in [0.25, 0.3) is 5.69 Å². The van der Waals surface area contributed by atoms with Gasteiger partial charge in [0, 0.05) is 6.07 Å². The van der Waals surface area contributed by atoms with Crippen molar-refractivity contribution in [2.45, 2.75) is 0 Å². The van der Waals surface area contributed by atoms with Crippen molar-refractivity contribution < 1.29 is 31.5 Å². The summed E-state index contributed by atoms with van der Waals surface area (Å²) in [6.07, 6.45) is 0. The first-order chi connectivity index (χ1) is 10.8. The second kappa shape index (κ2) is 4.97. The third-order valence-corrected chi connectivity index (χ3v) is 3.05. The van der Waals surface area contributed by atoms with Crippen molar-refractivity contribution in [3.63, 3.8) is 0 Å². The van der Waals surface area contributed by atoms with Crippen LogP contribution < -0.4 is 0 Å². The van der Waals surface area contributed by atoms with Gasteiger partial charge in [-0.25, -0.2) is 26.6 Å². The van der Waals surface area contributed by atoms with E-state index < -0.39 is 50.8 Å². The average Bonchev–Trinajstić information content (AvgIpc) is 2.97. The Bertz CT molecular complexity index is 943. The van der Waals surface area contributed by atoms with Gasteiger partial charge in [-0.2, -0.15) is 0 Å². The van der Waals surface area contributed by atoms with Crippen LogP contribution in [0, 0.1) is 39.2 Å². The third-order valence-electron chi connectivity index (χ3n) is 3.05. The lowest BCUT2D eigenvalue weighted by molar-refractivity contribution is -0.384. The van der Waals surface area contributed by atoms with Gasteiger partial charge in [0.2, 0.25) is 5.82 Å². The van der Waals surface area contributed by atoms with E-state index in [9.17, 15) is 32.1 Å². The molecule has 0 N–H and O–H groups in total. The van der Waals surface area contributed by atoms with Crippen LogP contribution in [0.4, 0.5) is 27.6 Å². The van der Waals surface area contributed by atoms with E-state index >= 15 is 0 Å². The fourth-order valence-electron chi connectivity index (χ4n) is 2.01. The minimum Gasteiger partial charge on any atom is -0.258 e. The van der Waals surface area contributed by atoms with Crippen molar-refractivity contribution in [2.75, 3.05) is 0 Å². The number of aromatic nitrogens is 2. The number of nitrogens with zero attached hydrogens (tertiary/aromatic N) is 3. The standard InChI is InChI=1S/C12H2F5N3O3/c13-8-7(9(14)11(16)12(17)10(8)15)3-1-4-5(19-23-18-4)2-6(3)20(21)22/h1-2H. The molecular weight excluding hydrogens is 329 g/mol. The molecule has 0 saturated carbocycles. The largest absolute Gasteiger partial charge is 0.279 e. The van der Waals surface area contributed by atoms with E-state index in [4.69, 9.17) is 0 Å². The van der Waals surface area contributed by atoms with Gasteiger partial charge >= 0.3 is 0 Å². The predicted octanol–water partition coefficient (Wildman–Crippen LogP) is 3.49. The molecule has 0 aliphatic rings. The Morgan fingerprint density at radius 3 is 1.87 bits per heavy atom. The summed E-state index contributed by atoms with van der Waals surface area (Å²) in [5.41, 5.74) is -3.47. The zero-order chi connectivity index (χ0) is 16.9. The average molecular weight is 331 g/mol. The minimum atomic E-state index is -2.37. The Morgan fingerprint density at radius 1 is 0.870 bits per heavy atom. The minimum absolute atomic E-state index is 0.121. The third kappa shape index (κ3) is 2.08. The van der Waals surface area contributed by atoms with Gasteiger partial charge in [0.15, 0.2) is 23.3 Å². The molecule has 6 nitrogen and oxygen atoms in total. The first kappa shape index (κ1) is 14.8. The van der Waals surface area contributed by atoms with Crippen LogP contribution >= 0.6 is 0 Å². The van der Waals surface area contributed by atoms with E-state index in [1.54, 1.807) is 0 Å². The van der Waals surface area contributed by atoms with Crippen molar-refractivity contribution in [3.05, 3.63) is 51.3 Å². The summed E-state index contributed by atoms with van der Waals surface area (Å²) in [4.78, 5) is 9.99. The maximum Gasteiger partial charge on any atom is 0.279 e. The number of rotatable bonds is 2. The molecule has 0 radical (unpaired) electrons. The number of halogens is 5. The summed E-state index contributed by atoms with van der Waals surface area (Å²) < 4.78 is 71.7. The number of benzene rings is 2. The Balaban J connectivity index is 2.45. The molecule has 0 atom stereocenters. The first-order valence-electron chi connectivity index (χ1n) is 5.75. The van der Waals surface area contributed by atoms with E-state index in [0.29, 0.717) is 0 Å². The van der Waals surface area contributed by atoms with Crippen LogP contribution in [0.5, 0.6) is 0 Å². The van der Waals surface area contributed by atoms with Crippen LogP contribution in [-0.4, -0.2) is 15.2 Å². The van der Waals surface area contributed by atoms with Crippen LogP contribution in [0.25, 0.3) is 22.2 Å². The maximum atomic E-state index is 13.9. The highest BCUT2D eigenvalue weighted by Crippen LogP contribution is 2.38. The van der Waals surface area contributed by atoms with E-state index in [1.165, 1.54) is 0 Å². The van der Waals surface area contributed by atoms with Gasteiger partial charge in [-0.05, 0) is 16.4 Å². The lowest BCUT2D eigenvalue weighted by atomic mass is 10.0. The molecule has 118 valence electrons. The van der Waals surface area contributed by atoms with Crippen LogP contribution in [0.1, 0.15) is 0 Å².